The maximum absolute atomic E-state index is 5.83. The van der Waals surface area contributed by atoms with Crippen molar-refractivity contribution in [2.45, 2.75) is 45.7 Å². The lowest BCUT2D eigenvalue weighted by Crippen LogP contribution is -2.10. The summed E-state index contributed by atoms with van der Waals surface area (Å²) >= 11 is 0. The van der Waals surface area contributed by atoms with Gasteiger partial charge in [-0.3, -0.25) is 0 Å². The third-order valence-electron chi connectivity index (χ3n) is 3.81. The maximum atomic E-state index is 5.83. The third-order valence-corrected chi connectivity index (χ3v) is 3.81. The molecule has 0 unspecified atom stereocenters. The van der Waals surface area contributed by atoms with Crippen LogP contribution in [0.25, 0.3) is 0 Å². The summed E-state index contributed by atoms with van der Waals surface area (Å²) in [6, 6.07) is 4.12. The molecule has 0 amide bonds. The van der Waals surface area contributed by atoms with E-state index in [0.29, 0.717) is 0 Å². The molecule has 1 aliphatic rings. The molecule has 2 aromatic rings. The van der Waals surface area contributed by atoms with Gasteiger partial charge in [0.15, 0.2) is 0 Å². The van der Waals surface area contributed by atoms with Gasteiger partial charge in [0.05, 0.1) is 18.8 Å². The van der Waals surface area contributed by atoms with Crippen molar-refractivity contribution in [2.75, 3.05) is 7.05 Å². The first-order chi connectivity index (χ1) is 9.28. The van der Waals surface area contributed by atoms with E-state index < -0.39 is 0 Å². The predicted molar refractivity (Wildman–Crippen MR) is 74.2 cm³/mol. The molecule has 4 heteroatoms. The Labute approximate surface area is 113 Å². The molecule has 0 radical (unpaired) electrons. The molecule has 0 atom stereocenters. The summed E-state index contributed by atoms with van der Waals surface area (Å²) in [5.41, 5.74) is 2.71. The summed E-state index contributed by atoms with van der Waals surface area (Å²) in [4.78, 5) is 4.70. The van der Waals surface area contributed by atoms with Crippen molar-refractivity contribution in [3.05, 3.63) is 40.9 Å². The largest absolute Gasteiger partial charge is 0.463 e. The van der Waals surface area contributed by atoms with Crippen molar-refractivity contribution in [2.24, 2.45) is 0 Å². The molecule has 0 saturated carbocycles. The molecular formula is C15H21N3O. The van der Waals surface area contributed by atoms with Gasteiger partial charge in [-0.1, -0.05) is 0 Å². The minimum atomic E-state index is 0.779. The van der Waals surface area contributed by atoms with Crippen molar-refractivity contribution >= 4 is 0 Å². The van der Waals surface area contributed by atoms with Crippen LogP contribution in [0, 0.1) is 6.92 Å². The number of imidazole rings is 1. The molecule has 102 valence electrons. The Hall–Kier alpha value is -1.55. The fraction of sp³-hybridized carbons (Fsp3) is 0.533. The second-order valence-electron chi connectivity index (χ2n) is 5.24. The molecule has 0 bridgehead atoms. The first-order valence-corrected chi connectivity index (χ1v) is 7.05. The summed E-state index contributed by atoms with van der Waals surface area (Å²) < 4.78 is 8.15. The Bertz CT molecular complexity index is 568. The van der Waals surface area contributed by atoms with E-state index in [1.807, 2.05) is 13.1 Å². The molecule has 0 aliphatic heterocycles. The van der Waals surface area contributed by atoms with Gasteiger partial charge in [-0.15, -0.1) is 0 Å². The van der Waals surface area contributed by atoms with Crippen molar-refractivity contribution in [3.8, 4) is 0 Å². The van der Waals surface area contributed by atoms with Crippen LogP contribution in [0.3, 0.4) is 0 Å². The molecule has 0 aromatic carbocycles. The maximum Gasteiger partial charge on any atom is 0.124 e. The van der Waals surface area contributed by atoms with E-state index in [9.17, 15) is 0 Å². The number of nitrogens with one attached hydrogen (secondary N) is 1. The third kappa shape index (κ3) is 2.45. The Morgan fingerprint density at radius 2 is 2.05 bits per heavy atom. The van der Waals surface area contributed by atoms with Crippen LogP contribution < -0.4 is 5.32 Å². The van der Waals surface area contributed by atoms with Crippen molar-refractivity contribution in [1.82, 2.24) is 14.9 Å². The minimum Gasteiger partial charge on any atom is -0.463 e. The van der Waals surface area contributed by atoms with Gasteiger partial charge in [0, 0.05) is 5.69 Å². The average Bonchev–Trinajstić information content (AvgIpc) is 2.96. The second kappa shape index (κ2) is 5.21. The van der Waals surface area contributed by atoms with Crippen LogP contribution in [-0.4, -0.2) is 16.6 Å². The number of aromatic nitrogens is 2. The van der Waals surface area contributed by atoms with Crippen LogP contribution in [0.5, 0.6) is 0 Å². The number of furan rings is 1. The fourth-order valence-corrected chi connectivity index (χ4v) is 2.88. The Morgan fingerprint density at radius 1 is 1.26 bits per heavy atom. The normalized spacial score (nSPS) is 14.6. The zero-order valence-electron chi connectivity index (χ0n) is 11.7. The van der Waals surface area contributed by atoms with E-state index in [1.54, 1.807) is 0 Å². The Kier molecular flexibility index (Phi) is 3.42. The van der Waals surface area contributed by atoms with Gasteiger partial charge >= 0.3 is 0 Å². The lowest BCUT2D eigenvalue weighted by atomic mass is 10.0. The minimum absolute atomic E-state index is 0.779. The lowest BCUT2D eigenvalue weighted by Gasteiger charge is -2.13. The van der Waals surface area contributed by atoms with Gasteiger partial charge in [0.1, 0.15) is 17.3 Å². The van der Waals surface area contributed by atoms with E-state index in [4.69, 9.17) is 9.40 Å². The molecular weight excluding hydrogens is 238 g/mol. The van der Waals surface area contributed by atoms with E-state index in [-0.39, 0.29) is 0 Å². The van der Waals surface area contributed by atoms with Crippen molar-refractivity contribution in [3.63, 3.8) is 0 Å². The summed E-state index contributed by atoms with van der Waals surface area (Å²) in [7, 11) is 1.93. The second-order valence-corrected chi connectivity index (χ2v) is 5.24. The standard InChI is InChI=1S/C15H21N3O/c1-11-17-14-5-3-4-6-15(14)18(11)10-13-8-7-12(19-13)9-16-2/h7-8,16H,3-6,9-10H2,1-2H3. The van der Waals surface area contributed by atoms with E-state index in [0.717, 1.165) is 43.3 Å². The zero-order chi connectivity index (χ0) is 13.2. The monoisotopic (exact) mass is 259 g/mol. The molecule has 0 saturated heterocycles. The molecule has 0 fully saturated rings. The SMILES string of the molecule is CNCc1ccc(Cn2c(C)nc3c2CCCC3)o1. The summed E-state index contributed by atoms with van der Waals surface area (Å²) in [5, 5.41) is 3.10. The number of hydrogen-bond donors (Lipinski definition) is 1. The van der Waals surface area contributed by atoms with Crippen molar-refractivity contribution in [1.29, 1.82) is 0 Å². The summed E-state index contributed by atoms with van der Waals surface area (Å²) in [6.45, 7) is 3.68. The summed E-state index contributed by atoms with van der Waals surface area (Å²) in [6.07, 6.45) is 4.84. The number of nitrogens with zero attached hydrogens (tertiary/aromatic N) is 2. The van der Waals surface area contributed by atoms with Gasteiger partial charge in [-0.05, 0) is 51.8 Å². The van der Waals surface area contributed by atoms with Crippen LogP contribution >= 0.6 is 0 Å². The van der Waals surface area contributed by atoms with Crippen LogP contribution in [0.2, 0.25) is 0 Å². The van der Waals surface area contributed by atoms with E-state index in [1.165, 1.54) is 24.2 Å². The first-order valence-electron chi connectivity index (χ1n) is 7.05. The molecule has 3 rings (SSSR count). The predicted octanol–water partition coefficient (Wildman–Crippen LogP) is 2.43. The molecule has 4 nitrogen and oxygen atoms in total. The zero-order valence-corrected chi connectivity index (χ0v) is 11.7. The number of fused-ring (bicyclic) bond motifs is 1. The van der Waals surface area contributed by atoms with Crippen LogP contribution in [-0.2, 0) is 25.9 Å². The van der Waals surface area contributed by atoms with Crippen LogP contribution in [0.15, 0.2) is 16.5 Å². The van der Waals surface area contributed by atoms with Gasteiger partial charge < -0.3 is 14.3 Å². The van der Waals surface area contributed by atoms with E-state index >= 15 is 0 Å². The van der Waals surface area contributed by atoms with Crippen LogP contribution in [0.1, 0.15) is 41.6 Å². The smallest absolute Gasteiger partial charge is 0.124 e. The van der Waals surface area contributed by atoms with Gasteiger partial charge in [0.2, 0.25) is 0 Å². The van der Waals surface area contributed by atoms with Crippen molar-refractivity contribution < 1.29 is 4.42 Å². The Balaban J connectivity index is 1.84. The summed E-state index contributed by atoms with van der Waals surface area (Å²) in [5.74, 6) is 3.11. The quantitative estimate of drug-likeness (QED) is 0.917. The fourth-order valence-electron chi connectivity index (χ4n) is 2.88. The molecule has 2 heterocycles. The molecule has 1 N–H and O–H groups in total. The molecule has 2 aromatic heterocycles. The lowest BCUT2D eigenvalue weighted by molar-refractivity contribution is 0.439. The molecule has 0 spiro atoms. The average molecular weight is 259 g/mol. The molecule has 1 aliphatic carbocycles. The van der Waals surface area contributed by atoms with Crippen LogP contribution in [0.4, 0.5) is 0 Å². The number of rotatable bonds is 4. The van der Waals surface area contributed by atoms with E-state index in [2.05, 4.69) is 22.9 Å². The highest BCUT2D eigenvalue weighted by molar-refractivity contribution is 5.21. The highest BCUT2D eigenvalue weighted by Crippen LogP contribution is 2.23. The first kappa shape index (κ1) is 12.5. The van der Waals surface area contributed by atoms with Gasteiger partial charge in [-0.2, -0.15) is 0 Å². The van der Waals surface area contributed by atoms with Gasteiger partial charge in [0.25, 0.3) is 0 Å². The number of hydrogen-bond acceptors (Lipinski definition) is 3. The van der Waals surface area contributed by atoms with Gasteiger partial charge in [-0.25, -0.2) is 4.98 Å². The topological polar surface area (TPSA) is 43.0 Å². The highest BCUT2D eigenvalue weighted by Gasteiger charge is 2.18. The highest BCUT2D eigenvalue weighted by atomic mass is 16.3. The number of aryl methyl sites for hydroxylation is 2. The molecule has 19 heavy (non-hydrogen) atoms. The Morgan fingerprint density at radius 3 is 2.89 bits per heavy atom.